The number of hydrogen-bond acceptors (Lipinski definition) is 3. The molecule has 4 aromatic rings. The number of amides is 1. The van der Waals surface area contributed by atoms with E-state index in [-0.39, 0.29) is 17.5 Å². The Morgan fingerprint density at radius 1 is 0.895 bits per heavy atom. The van der Waals surface area contributed by atoms with E-state index in [1.807, 2.05) is 73.4 Å². The van der Waals surface area contributed by atoms with Gasteiger partial charge < -0.3 is 15.0 Å². The van der Waals surface area contributed by atoms with Gasteiger partial charge in [0.15, 0.2) is 0 Å². The lowest BCUT2D eigenvalue weighted by atomic mass is 9.92. The van der Waals surface area contributed by atoms with Crippen LogP contribution in [0.3, 0.4) is 0 Å². The quantitative estimate of drug-likeness (QED) is 0.320. The number of H-pyrrole nitrogens is 1. The number of benzene rings is 3. The number of hydrogen-bond donors (Lipinski definition) is 2. The monoisotopic (exact) mass is 518 g/mol. The fourth-order valence-electron chi connectivity index (χ4n) is 4.70. The van der Waals surface area contributed by atoms with Crippen molar-refractivity contribution in [1.82, 2.24) is 10.3 Å². The Balaban J connectivity index is 1.51. The molecule has 0 spiro atoms. The van der Waals surface area contributed by atoms with Gasteiger partial charge in [-0.2, -0.15) is 13.2 Å². The Kier molecular flexibility index (Phi) is 6.57. The molecule has 0 saturated heterocycles. The summed E-state index contributed by atoms with van der Waals surface area (Å²) in [6.07, 6.45) is -4.46. The summed E-state index contributed by atoms with van der Waals surface area (Å²) in [5, 5.41) is 2.87. The molecule has 0 saturated carbocycles. The van der Waals surface area contributed by atoms with Crippen LogP contribution in [0.5, 0.6) is 11.5 Å². The van der Waals surface area contributed by atoms with E-state index >= 15 is 0 Å². The van der Waals surface area contributed by atoms with Crippen molar-refractivity contribution < 1.29 is 22.7 Å². The Bertz CT molecular complexity index is 1520. The minimum atomic E-state index is -4.77. The number of aromatic amines is 1. The van der Waals surface area contributed by atoms with Gasteiger partial charge in [-0.25, -0.2) is 0 Å². The van der Waals surface area contributed by atoms with Crippen LogP contribution >= 0.6 is 0 Å². The van der Waals surface area contributed by atoms with Gasteiger partial charge in [-0.05, 0) is 67.1 Å². The minimum absolute atomic E-state index is 0.00257. The van der Waals surface area contributed by atoms with E-state index in [0.717, 1.165) is 22.8 Å². The molecule has 2 heterocycles. The van der Waals surface area contributed by atoms with Gasteiger partial charge in [0.1, 0.15) is 22.8 Å². The summed E-state index contributed by atoms with van der Waals surface area (Å²) in [7, 11) is 0. The predicted octanol–water partition coefficient (Wildman–Crippen LogP) is 6.42. The van der Waals surface area contributed by atoms with Crippen molar-refractivity contribution in [2.45, 2.75) is 38.9 Å². The van der Waals surface area contributed by atoms with Crippen molar-refractivity contribution in [3.63, 3.8) is 0 Å². The fourth-order valence-corrected chi connectivity index (χ4v) is 4.70. The first-order valence-electron chi connectivity index (χ1n) is 12.2. The van der Waals surface area contributed by atoms with Crippen LogP contribution in [0.2, 0.25) is 0 Å². The Morgan fingerprint density at radius 2 is 1.50 bits per heavy atom. The number of aryl methyl sites for hydroxylation is 4. The zero-order chi connectivity index (χ0) is 27.0. The van der Waals surface area contributed by atoms with Gasteiger partial charge in [0.25, 0.3) is 11.5 Å². The molecule has 194 valence electrons. The first-order valence-corrected chi connectivity index (χ1v) is 12.2. The first kappa shape index (κ1) is 25.3. The van der Waals surface area contributed by atoms with Crippen molar-refractivity contribution in [3.8, 4) is 11.5 Å². The summed E-state index contributed by atoms with van der Waals surface area (Å²) in [6.45, 7) is 3.84. The first-order chi connectivity index (χ1) is 18.1. The van der Waals surface area contributed by atoms with Crippen LogP contribution in [-0.2, 0) is 19.0 Å². The molecular formula is C30H25F3N2O3. The van der Waals surface area contributed by atoms with Gasteiger partial charge in [0.05, 0.1) is 6.04 Å². The molecule has 1 aromatic heterocycles. The third-order valence-electron chi connectivity index (χ3n) is 6.63. The number of alkyl halides is 3. The summed E-state index contributed by atoms with van der Waals surface area (Å²) in [5.41, 5.74) is 1.39. The topological polar surface area (TPSA) is 71.2 Å². The molecule has 0 fully saturated rings. The maximum absolute atomic E-state index is 13.8. The molecule has 0 bridgehead atoms. The average molecular weight is 519 g/mol. The van der Waals surface area contributed by atoms with E-state index in [0.29, 0.717) is 29.0 Å². The number of pyridine rings is 1. The number of halogens is 3. The van der Waals surface area contributed by atoms with Gasteiger partial charge >= 0.3 is 6.18 Å². The summed E-state index contributed by atoms with van der Waals surface area (Å²) in [5.74, 6) is 0.363. The summed E-state index contributed by atoms with van der Waals surface area (Å²) >= 11 is 0. The molecular weight excluding hydrogens is 493 g/mol. The van der Waals surface area contributed by atoms with Gasteiger partial charge in [0.2, 0.25) is 0 Å². The molecule has 0 radical (unpaired) electrons. The van der Waals surface area contributed by atoms with Gasteiger partial charge in [-0.3, -0.25) is 9.59 Å². The molecule has 5 rings (SSSR count). The molecule has 5 nitrogen and oxygen atoms in total. The number of carbonyl (C=O) groups excluding carboxylic acids is 1. The number of ether oxygens (including phenoxy) is 1. The maximum atomic E-state index is 13.8. The van der Waals surface area contributed by atoms with Gasteiger partial charge in [-0.1, -0.05) is 54.6 Å². The van der Waals surface area contributed by atoms with E-state index in [4.69, 9.17) is 4.74 Å². The van der Waals surface area contributed by atoms with Crippen molar-refractivity contribution in [2.24, 2.45) is 0 Å². The number of nitrogens with one attached hydrogen (secondary N) is 2. The van der Waals surface area contributed by atoms with E-state index < -0.39 is 29.4 Å². The van der Waals surface area contributed by atoms with E-state index in [2.05, 4.69) is 5.32 Å². The standard InChI is InChI=1S/C30H25F3N2O3/c1-17-8-12-21-24(14-17)38-25-15-18(2)9-13-22(25)26(21)34-28(36)23-16-20(11-10-19-6-4-3-5-7-19)27(30(31,32)33)35-29(23)37/h3-9,12-16,26H,10-11H2,1-2H3,(H,34,36)(H,35,37). The predicted molar refractivity (Wildman–Crippen MR) is 138 cm³/mol. The number of fused-ring (bicyclic) bond motifs is 2. The Morgan fingerprint density at radius 3 is 2.08 bits per heavy atom. The molecule has 2 N–H and O–H groups in total. The lowest BCUT2D eigenvalue weighted by Gasteiger charge is -2.29. The molecule has 8 heteroatoms. The van der Waals surface area contributed by atoms with Crippen LogP contribution < -0.4 is 15.6 Å². The highest BCUT2D eigenvalue weighted by molar-refractivity contribution is 5.94. The Labute approximate surface area is 217 Å². The van der Waals surface area contributed by atoms with Crippen LogP contribution in [0.25, 0.3) is 0 Å². The zero-order valence-corrected chi connectivity index (χ0v) is 20.8. The second-order valence-corrected chi connectivity index (χ2v) is 9.49. The molecule has 1 aliphatic rings. The Hall–Kier alpha value is -4.33. The van der Waals surface area contributed by atoms with Gasteiger partial charge in [0, 0.05) is 11.1 Å². The molecule has 0 atom stereocenters. The van der Waals surface area contributed by atoms with Crippen LogP contribution in [0.4, 0.5) is 13.2 Å². The molecule has 0 aliphatic carbocycles. The lowest BCUT2D eigenvalue weighted by molar-refractivity contribution is -0.142. The zero-order valence-electron chi connectivity index (χ0n) is 20.8. The van der Waals surface area contributed by atoms with Crippen LogP contribution in [-0.4, -0.2) is 10.9 Å². The normalized spacial score (nSPS) is 12.9. The molecule has 3 aromatic carbocycles. The van der Waals surface area contributed by atoms with Crippen molar-refractivity contribution in [2.75, 3.05) is 0 Å². The maximum Gasteiger partial charge on any atom is 0.431 e. The summed E-state index contributed by atoms with van der Waals surface area (Å²) in [6, 6.07) is 20.6. The molecule has 1 aliphatic heterocycles. The van der Waals surface area contributed by atoms with Crippen LogP contribution in [0.15, 0.2) is 77.6 Å². The number of rotatable bonds is 5. The van der Waals surface area contributed by atoms with Crippen LogP contribution in [0.1, 0.15) is 55.5 Å². The van der Waals surface area contributed by atoms with Crippen molar-refractivity contribution in [1.29, 1.82) is 0 Å². The third kappa shape index (κ3) is 5.07. The fraction of sp³-hybridized carbons (Fsp3) is 0.200. The SMILES string of the molecule is Cc1ccc2c(c1)Oc1cc(C)ccc1C2NC(=O)c1cc(CCc2ccccc2)c(C(F)(F)F)[nH]c1=O. The smallest absolute Gasteiger partial charge is 0.431 e. The average Bonchev–Trinajstić information content (AvgIpc) is 2.87. The van der Waals surface area contributed by atoms with Crippen molar-refractivity contribution >= 4 is 5.91 Å². The van der Waals surface area contributed by atoms with E-state index in [1.165, 1.54) is 0 Å². The summed E-state index contributed by atoms with van der Waals surface area (Å²) in [4.78, 5) is 28.1. The molecule has 1 amide bonds. The number of aromatic nitrogens is 1. The highest BCUT2D eigenvalue weighted by Gasteiger charge is 2.36. The second-order valence-electron chi connectivity index (χ2n) is 9.49. The highest BCUT2D eigenvalue weighted by Crippen LogP contribution is 2.43. The molecule has 38 heavy (non-hydrogen) atoms. The largest absolute Gasteiger partial charge is 0.457 e. The van der Waals surface area contributed by atoms with E-state index in [1.54, 1.807) is 12.1 Å². The minimum Gasteiger partial charge on any atom is -0.457 e. The second kappa shape index (κ2) is 9.85. The van der Waals surface area contributed by atoms with E-state index in [9.17, 15) is 22.8 Å². The highest BCUT2D eigenvalue weighted by atomic mass is 19.4. The summed E-state index contributed by atoms with van der Waals surface area (Å²) < 4.78 is 47.4. The lowest BCUT2D eigenvalue weighted by Crippen LogP contribution is -2.35. The van der Waals surface area contributed by atoms with Gasteiger partial charge in [-0.15, -0.1) is 0 Å². The third-order valence-corrected chi connectivity index (χ3v) is 6.63. The number of carbonyl (C=O) groups is 1. The molecule has 0 unspecified atom stereocenters. The van der Waals surface area contributed by atoms with Crippen LogP contribution in [0, 0.1) is 13.8 Å². The van der Waals surface area contributed by atoms with Crippen molar-refractivity contribution in [3.05, 3.63) is 128 Å².